The van der Waals surface area contributed by atoms with Crippen molar-refractivity contribution in [2.75, 3.05) is 4.90 Å². The van der Waals surface area contributed by atoms with E-state index < -0.39 is 0 Å². The first-order chi connectivity index (χ1) is 30.1. The molecule has 0 amide bonds. The summed E-state index contributed by atoms with van der Waals surface area (Å²) in [4.78, 5) is 7.70. The van der Waals surface area contributed by atoms with Crippen molar-refractivity contribution in [3.63, 3.8) is 0 Å². The molecule has 0 radical (unpaired) electrons. The minimum absolute atomic E-state index is 0.0981. The van der Waals surface area contributed by atoms with Crippen molar-refractivity contribution in [3.8, 4) is 16.8 Å². The van der Waals surface area contributed by atoms with E-state index in [9.17, 15) is 0 Å². The van der Waals surface area contributed by atoms with Crippen LogP contribution in [0, 0.1) is 0 Å². The van der Waals surface area contributed by atoms with E-state index in [1.54, 1.807) is 0 Å². The summed E-state index contributed by atoms with van der Waals surface area (Å²) in [6.07, 6.45) is 16.5. The lowest BCUT2D eigenvalue weighted by Crippen LogP contribution is -2.49. The van der Waals surface area contributed by atoms with Crippen molar-refractivity contribution >= 4 is 55.4 Å². The van der Waals surface area contributed by atoms with Crippen LogP contribution in [0.1, 0.15) is 49.0 Å². The maximum atomic E-state index is 5.14. The third kappa shape index (κ3) is 5.91. The molecule has 0 spiro atoms. The van der Waals surface area contributed by atoms with Gasteiger partial charge >= 0.3 is 0 Å². The highest BCUT2D eigenvalue weighted by molar-refractivity contribution is 6.11. The highest BCUT2D eigenvalue weighted by Gasteiger charge is 2.45. The van der Waals surface area contributed by atoms with Gasteiger partial charge in [0.05, 0.1) is 16.6 Å². The van der Waals surface area contributed by atoms with Gasteiger partial charge in [-0.2, -0.15) is 0 Å². The fraction of sp³-hybridized carbons (Fsp3) is 0.125. The van der Waals surface area contributed by atoms with Gasteiger partial charge < -0.3 is 14.8 Å². The number of hydrogen-bond donors (Lipinski definition) is 2. The fourth-order valence-electron chi connectivity index (χ4n) is 10.2. The van der Waals surface area contributed by atoms with Crippen LogP contribution in [0.2, 0.25) is 0 Å². The zero-order chi connectivity index (χ0) is 40.5. The van der Waals surface area contributed by atoms with Gasteiger partial charge in [0.1, 0.15) is 18.2 Å². The van der Waals surface area contributed by atoms with Gasteiger partial charge in [-0.3, -0.25) is 5.32 Å². The van der Waals surface area contributed by atoms with Crippen LogP contribution in [0.5, 0.6) is 0 Å². The second kappa shape index (κ2) is 14.2. The molecular formula is C56H45N5. The normalized spacial score (nSPS) is 20.6. The molecule has 5 heteroatoms. The molecule has 2 aliphatic heterocycles. The molecular weight excluding hydrogens is 743 g/mol. The van der Waals surface area contributed by atoms with E-state index in [2.05, 4.69) is 221 Å². The molecule has 3 heterocycles. The van der Waals surface area contributed by atoms with Crippen molar-refractivity contribution in [1.29, 1.82) is 0 Å². The first-order valence-electron chi connectivity index (χ1n) is 21.6. The molecule has 0 bridgehead atoms. The molecule has 0 saturated carbocycles. The molecule has 2 N–H and O–H groups in total. The van der Waals surface area contributed by atoms with Crippen molar-refractivity contribution in [2.45, 2.75) is 44.1 Å². The lowest BCUT2D eigenvalue weighted by molar-refractivity contribution is 0.434. The van der Waals surface area contributed by atoms with Crippen molar-refractivity contribution in [1.82, 2.24) is 15.2 Å². The Morgan fingerprint density at radius 2 is 1.41 bits per heavy atom. The van der Waals surface area contributed by atoms with Crippen molar-refractivity contribution < 1.29 is 0 Å². The summed E-state index contributed by atoms with van der Waals surface area (Å²) in [7, 11) is 0. The average molecular weight is 788 g/mol. The van der Waals surface area contributed by atoms with Gasteiger partial charge in [-0.05, 0) is 119 Å². The van der Waals surface area contributed by atoms with Gasteiger partial charge in [0, 0.05) is 39.0 Å². The lowest BCUT2D eigenvalue weighted by Gasteiger charge is -2.39. The summed E-state index contributed by atoms with van der Waals surface area (Å²) in [5.74, 6) is 0.911. The van der Waals surface area contributed by atoms with Crippen LogP contribution >= 0.6 is 0 Å². The Labute approximate surface area is 356 Å². The smallest absolute Gasteiger partial charge is 0.131 e. The fourth-order valence-corrected chi connectivity index (χ4v) is 10.2. The molecule has 8 aromatic rings. The molecule has 12 rings (SSSR count). The average Bonchev–Trinajstić information content (AvgIpc) is 3.80. The third-order valence-corrected chi connectivity index (χ3v) is 13.2. The predicted octanol–water partition coefficient (Wildman–Crippen LogP) is 13.1. The minimum atomic E-state index is -0.214. The predicted molar refractivity (Wildman–Crippen MR) is 255 cm³/mol. The Morgan fingerprint density at radius 3 is 2.28 bits per heavy atom. The number of nitrogens with zero attached hydrogens (tertiary/aromatic N) is 3. The second-order valence-electron chi connectivity index (χ2n) is 16.9. The Bertz CT molecular complexity index is 3200. The maximum absolute atomic E-state index is 5.14. The summed E-state index contributed by atoms with van der Waals surface area (Å²) >= 11 is 0. The van der Waals surface area contributed by atoms with Crippen molar-refractivity contribution in [2.24, 2.45) is 4.99 Å². The number of aromatic nitrogens is 1. The SMILES string of the molecule is CC12CC=CC=C1c1cc(-c3ccc4c(c3)c3ccccc3n4-c3ccc4ccccc4c3)ccc1N2c1ccc(C2NC(c3ccccc3)=NC(C3=CCCC=C3)N2)cc1. The van der Waals surface area contributed by atoms with Crippen LogP contribution in [0.4, 0.5) is 11.4 Å². The number of anilines is 2. The van der Waals surface area contributed by atoms with Crippen LogP contribution in [-0.2, 0) is 0 Å². The van der Waals surface area contributed by atoms with Crippen LogP contribution in [0.15, 0.2) is 205 Å². The second-order valence-corrected chi connectivity index (χ2v) is 16.9. The third-order valence-electron chi connectivity index (χ3n) is 13.2. The minimum Gasteiger partial charge on any atom is -0.350 e. The van der Waals surface area contributed by atoms with Crippen LogP contribution in [0.25, 0.3) is 55.0 Å². The molecule has 294 valence electrons. The number of hydrogen-bond acceptors (Lipinski definition) is 4. The highest BCUT2D eigenvalue weighted by Crippen LogP contribution is 2.54. The molecule has 0 fully saturated rings. The van der Waals surface area contributed by atoms with Gasteiger partial charge in [0.2, 0.25) is 0 Å². The zero-order valence-electron chi connectivity index (χ0n) is 34.1. The van der Waals surface area contributed by atoms with Gasteiger partial charge in [-0.15, -0.1) is 0 Å². The number of para-hydroxylation sites is 1. The van der Waals surface area contributed by atoms with E-state index in [4.69, 9.17) is 4.99 Å². The summed E-state index contributed by atoms with van der Waals surface area (Å²) < 4.78 is 2.41. The number of aliphatic imine (C=N–C) groups is 1. The van der Waals surface area contributed by atoms with Gasteiger partial charge in [0.25, 0.3) is 0 Å². The summed E-state index contributed by atoms with van der Waals surface area (Å²) in [5.41, 5.74) is 14.4. The quantitative estimate of drug-likeness (QED) is 0.176. The molecule has 5 nitrogen and oxygen atoms in total. The zero-order valence-corrected chi connectivity index (χ0v) is 34.1. The molecule has 0 saturated heterocycles. The number of allylic oxidation sites excluding steroid dienone is 4. The molecule has 3 atom stereocenters. The molecule has 1 aromatic heterocycles. The number of rotatable bonds is 6. The van der Waals surface area contributed by atoms with E-state index in [1.807, 2.05) is 0 Å². The maximum Gasteiger partial charge on any atom is 0.131 e. The van der Waals surface area contributed by atoms with Crippen LogP contribution < -0.4 is 15.5 Å². The Balaban J connectivity index is 0.896. The van der Waals surface area contributed by atoms with E-state index in [0.717, 1.165) is 30.7 Å². The summed E-state index contributed by atoms with van der Waals surface area (Å²) in [6, 6.07) is 57.9. The van der Waals surface area contributed by atoms with Crippen LogP contribution in [0.3, 0.4) is 0 Å². The molecule has 3 unspecified atom stereocenters. The Hall–Kier alpha value is -7.21. The summed E-state index contributed by atoms with van der Waals surface area (Å²) in [5, 5.41) is 12.5. The largest absolute Gasteiger partial charge is 0.350 e. The van der Waals surface area contributed by atoms with Crippen LogP contribution in [-0.4, -0.2) is 22.1 Å². The number of nitrogens with one attached hydrogen (secondary N) is 2. The standard InChI is InChI=1S/C56H45N5/c1-56-33-13-12-21-49(56)48-36-43(42-26-31-51-47(35-42)46-20-10-11-22-50(46)60(51)45-30-23-37-14-8-9-19-41(37)34-45)27-32-52(48)61(56)44-28-24-40(25-29-44)55-58-53(38-15-4-2-5-16-38)57-54(59-55)39-17-6-3-7-18-39/h2,4-6,8-32,34-36,54-55,59H,3,7,33H2,1H3,(H,57,58). The van der Waals surface area contributed by atoms with Gasteiger partial charge in [0.15, 0.2) is 0 Å². The Kier molecular flexibility index (Phi) is 8.32. The highest BCUT2D eigenvalue weighted by atomic mass is 15.3. The number of amidine groups is 1. The molecule has 2 aliphatic carbocycles. The monoisotopic (exact) mass is 787 g/mol. The van der Waals surface area contributed by atoms with E-state index in [1.165, 1.54) is 83.0 Å². The summed E-state index contributed by atoms with van der Waals surface area (Å²) in [6.45, 7) is 2.40. The van der Waals surface area contributed by atoms with E-state index in [-0.39, 0.29) is 17.9 Å². The topological polar surface area (TPSA) is 44.6 Å². The molecule has 7 aromatic carbocycles. The van der Waals surface area contributed by atoms with Crippen molar-refractivity contribution in [3.05, 3.63) is 216 Å². The first kappa shape index (κ1) is 35.7. The Morgan fingerprint density at radius 1 is 0.639 bits per heavy atom. The van der Waals surface area contributed by atoms with Gasteiger partial charge in [-0.1, -0.05) is 140 Å². The first-order valence-corrected chi connectivity index (χ1v) is 21.6. The van der Waals surface area contributed by atoms with Gasteiger partial charge in [-0.25, -0.2) is 4.99 Å². The number of fused-ring (bicyclic) bond motifs is 7. The van der Waals surface area contributed by atoms with E-state index in [0.29, 0.717) is 0 Å². The molecule has 61 heavy (non-hydrogen) atoms. The lowest BCUT2D eigenvalue weighted by atomic mass is 9.83. The number of benzene rings is 7. The molecule has 4 aliphatic rings. The van der Waals surface area contributed by atoms with E-state index >= 15 is 0 Å².